The Morgan fingerprint density at radius 1 is 1.23 bits per heavy atom. The predicted octanol–water partition coefficient (Wildman–Crippen LogP) is 2.99. The average Bonchev–Trinajstić information content (AvgIpc) is 2.63. The number of hydrogen-bond acceptors (Lipinski definition) is 4. The molecule has 0 bridgehead atoms. The first-order chi connectivity index (χ1) is 12.4. The van der Waals surface area contributed by atoms with Crippen molar-refractivity contribution >= 4 is 5.91 Å². The van der Waals surface area contributed by atoms with Crippen LogP contribution >= 0.6 is 0 Å². The van der Waals surface area contributed by atoms with Gasteiger partial charge in [-0.25, -0.2) is 8.78 Å². The van der Waals surface area contributed by atoms with E-state index in [1.807, 2.05) is 6.07 Å². The minimum Gasteiger partial charge on any atom is -0.496 e. The number of para-hydroxylation sites is 1. The lowest BCUT2D eigenvalue weighted by Gasteiger charge is -2.23. The molecule has 0 spiro atoms. The van der Waals surface area contributed by atoms with Crippen LogP contribution < -0.4 is 14.8 Å². The molecule has 0 aliphatic rings. The third-order valence-corrected chi connectivity index (χ3v) is 3.62. The number of nitrogens with zero attached hydrogens (tertiary/aromatic N) is 1. The largest absolute Gasteiger partial charge is 0.496 e. The minimum atomic E-state index is -1.34. The lowest BCUT2D eigenvalue weighted by atomic mass is 10.0. The molecule has 0 saturated carbocycles. The summed E-state index contributed by atoms with van der Waals surface area (Å²) in [7, 11) is 1.51. The van der Waals surface area contributed by atoms with Crippen LogP contribution in [0, 0.1) is 23.0 Å². The Bertz CT molecular complexity index is 836. The zero-order chi connectivity index (χ0) is 19.2. The first kappa shape index (κ1) is 19.2. The third-order valence-electron chi connectivity index (χ3n) is 3.62. The van der Waals surface area contributed by atoms with Crippen LogP contribution in [-0.2, 0) is 11.2 Å². The number of hydrogen-bond donors (Lipinski definition) is 1. The standard InChI is InChI=1S/C19H18F2N2O3/c1-19(11-22,12-26-14-7-8-15(20)16(21)10-14)23-18(24)9-13-5-3-4-6-17(13)25-2/h3-8,10H,9,12H2,1-2H3,(H,23,24)/t19-/m0/s1. The molecule has 1 amide bonds. The summed E-state index contributed by atoms with van der Waals surface area (Å²) in [5.41, 5.74) is -0.668. The molecule has 0 saturated heterocycles. The number of benzene rings is 2. The second-order valence-corrected chi connectivity index (χ2v) is 5.85. The van der Waals surface area contributed by atoms with Gasteiger partial charge in [0.2, 0.25) is 5.91 Å². The van der Waals surface area contributed by atoms with Crippen molar-refractivity contribution < 1.29 is 23.0 Å². The fraction of sp³-hybridized carbons (Fsp3) is 0.263. The molecule has 2 aromatic carbocycles. The van der Waals surface area contributed by atoms with E-state index in [2.05, 4.69) is 5.32 Å². The van der Waals surface area contributed by atoms with Crippen molar-refractivity contribution in [2.24, 2.45) is 0 Å². The molecule has 0 radical (unpaired) electrons. The van der Waals surface area contributed by atoms with Gasteiger partial charge in [-0.05, 0) is 25.1 Å². The second kappa shape index (κ2) is 8.30. The van der Waals surface area contributed by atoms with Crippen molar-refractivity contribution in [3.05, 3.63) is 59.7 Å². The SMILES string of the molecule is COc1ccccc1CC(=O)N[C@@](C)(C#N)COc1ccc(F)c(F)c1. The highest BCUT2D eigenvalue weighted by molar-refractivity contribution is 5.80. The Balaban J connectivity index is 2.01. The van der Waals surface area contributed by atoms with Gasteiger partial charge in [-0.15, -0.1) is 0 Å². The average molecular weight is 360 g/mol. The molecule has 2 rings (SSSR count). The summed E-state index contributed by atoms with van der Waals surface area (Å²) >= 11 is 0. The maximum Gasteiger partial charge on any atom is 0.225 e. The smallest absolute Gasteiger partial charge is 0.225 e. The summed E-state index contributed by atoms with van der Waals surface area (Å²) in [6, 6.07) is 12.1. The van der Waals surface area contributed by atoms with Crippen molar-refractivity contribution in [3.8, 4) is 17.6 Å². The number of amides is 1. The Labute approximate surface area is 150 Å². The molecule has 7 heteroatoms. The van der Waals surface area contributed by atoms with Crippen LogP contribution in [0.3, 0.4) is 0 Å². The molecule has 1 atom stereocenters. The Hall–Kier alpha value is -3.14. The molecule has 0 unspecified atom stereocenters. The Morgan fingerprint density at radius 2 is 1.96 bits per heavy atom. The molecule has 0 aromatic heterocycles. The number of rotatable bonds is 7. The van der Waals surface area contributed by atoms with E-state index in [0.29, 0.717) is 11.3 Å². The van der Waals surface area contributed by atoms with E-state index in [-0.39, 0.29) is 18.8 Å². The van der Waals surface area contributed by atoms with Gasteiger partial charge in [-0.1, -0.05) is 18.2 Å². The summed E-state index contributed by atoms with van der Waals surface area (Å²) in [6.07, 6.45) is 0.0203. The molecule has 0 heterocycles. The van der Waals surface area contributed by atoms with E-state index < -0.39 is 23.1 Å². The molecule has 136 valence electrons. The van der Waals surface area contributed by atoms with Crippen LogP contribution in [-0.4, -0.2) is 25.2 Å². The van der Waals surface area contributed by atoms with Gasteiger partial charge >= 0.3 is 0 Å². The highest BCUT2D eigenvalue weighted by Gasteiger charge is 2.28. The van der Waals surface area contributed by atoms with Crippen LogP contribution in [0.4, 0.5) is 8.78 Å². The summed E-state index contributed by atoms with van der Waals surface area (Å²) in [6.45, 7) is 1.25. The lowest BCUT2D eigenvalue weighted by molar-refractivity contribution is -0.122. The molecule has 26 heavy (non-hydrogen) atoms. The topological polar surface area (TPSA) is 71.3 Å². The van der Waals surface area contributed by atoms with Crippen LogP contribution in [0.5, 0.6) is 11.5 Å². The van der Waals surface area contributed by atoms with Gasteiger partial charge in [-0.3, -0.25) is 4.79 Å². The molecule has 5 nitrogen and oxygen atoms in total. The number of halogens is 2. The van der Waals surface area contributed by atoms with Gasteiger partial charge in [0.05, 0.1) is 19.6 Å². The van der Waals surface area contributed by atoms with E-state index in [1.54, 1.807) is 24.3 Å². The number of nitrogens with one attached hydrogen (secondary N) is 1. The fourth-order valence-electron chi connectivity index (χ4n) is 2.26. The van der Waals surface area contributed by atoms with Gasteiger partial charge in [-0.2, -0.15) is 5.26 Å². The Morgan fingerprint density at radius 3 is 2.62 bits per heavy atom. The van der Waals surface area contributed by atoms with Crippen LogP contribution in [0.1, 0.15) is 12.5 Å². The molecule has 0 aliphatic carbocycles. The summed E-state index contributed by atoms with van der Waals surface area (Å²) in [5, 5.41) is 12.0. The number of carbonyl (C=O) groups is 1. The second-order valence-electron chi connectivity index (χ2n) is 5.85. The van der Waals surface area contributed by atoms with Crippen molar-refractivity contribution in [2.75, 3.05) is 13.7 Å². The minimum absolute atomic E-state index is 0.0203. The number of nitriles is 1. The zero-order valence-corrected chi connectivity index (χ0v) is 14.4. The normalized spacial score (nSPS) is 12.6. The third kappa shape index (κ3) is 4.93. The summed E-state index contributed by atoms with van der Waals surface area (Å²) < 4.78 is 36.7. The van der Waals surface area contributed by atoms with E-state index in [1.165, 1.54) is 20.1 Å². The van der Waals surface area contributed by atoms with Gasteiger partial charge in [0.25, 0.3) is 0 Å². The highest BCUT2D eigenvalue weighted by atomic mass is 19.2. The van der Waals surface area contributed by atoms with Gasteiger partial charge < -0.3 is 14.8 Å². The summed E-state index contributed by atoms with van der Waals surface area (Å²) in [5.74, 6) is -1.82. The van der Waals surface area contributed by atoms with E-state index in [9.17, 15) is 18.8 Å². The molecule has 0 aliphatic heterocycles. The number of carbonyl (C=O) groups excluding carboxylic acids is 1. The van der Waals surface area contributed by atoms with Crippen molar-refractivity contribution in [1.82, 2.24) is 5.32 Å². The predicted molar refractivity (Wildman–Crippen MR) is 90.7 cm³/mol. The zero-order valence-electron chi connectivity index (χ0n) is 14.4. The number of methoxy groups -OCH3 is 1. The lowest BCUT2D eigenvalue weighted by Crippen LogP contribution is -2.49. The highest BCUT2D eigenvalue weighted by Crippen LogP contribution is 2.19. The number of ether oxygens (including phenoxy) is 2. The van der Waals surface area contributed by atoms with E-state index in [4.69, 9.17) is 9.47 Å². The molecule has 2 aromatic rings. The van der Waals surface area contributed by atoms with Crippen molar-refractivity contribution in [1.29, 1.82) is 5.26 Å². The van der Waals surface area contributed by atoms with Crippen LogP contribution in [0.2, 0.25) is 0 Å². The molecular weight excluding hydrogens is 342 g/mol. The maximum atomic E-state index is 13.2. The quantitative estimate of drug-likeness (QED) is 0.824. The van der Waals surface area contributed by atoms with Gasteiger partial charge in [0.1, 0.15) is 18.1 Å². The molecule has 1 N–H and O–H groups in total. The maximum absolute atomic E-state index is 13.2. The van der Waals surface area contributed by atoms with Gasteiger partial charge in [0.15, 0.2) is 17.2 Å². The van der Waals surface area contributed by atoms with Crippen molar-refractivity contribution in [3.63, 3.8) is 0 Å². The Kier molecular flexibility index (Phi) is 6.12. The molecule has 0 fully saturated rings. The fourth-order valence-corrected chi connectivity index (χ4v) is 2.26. The first-order valence-corrected chi connectivity index (χ1v) is 7.79. The monoisotopic (exact) mass is 360 g/mol. The van der Waals surface area contributed by atoms with Crippen LogP contribution in [0.25, 0.3) is 0 Å². The summed E-state index contributed by atoms with van der Waals surface area (Å²) in [4.78, 5) is 12.3. The van der Waals surface area contributed by atoms with Crippen LogP contribution in [0.15, 0.2) is 42.5 Å². The van der Waals surface area contributed by atoms with E-state index in [0.717, 1.165) is 12.1 Å². The van der Waals surface area contributed by atoms with Gasteiger partial charge in [0, 0.05) is 11.6 Å². The van der Waals surface area contributed by atoms with E-state index >= 15 is 0 Å². The molecular formula is C19H18F2N2O3. The first-order valence-electron chi connectivity index (χ1n) is 7.79. The van der Waals surface area contributed by atoms with Crippen molar-refractivity contribution in [2.45, 2.75) is 18.9 Å².